The summed E-state index contributed by atoms with van der Waals surface area (Å²) in [6.07, 6.45) is 6.26. The SMILES string of the molecule is C#CCNC(=O)c1ccc(C(=O)OC)cn1. The Morgan fingerprint density at radius 3 is 2.81 bits per heavy atom. The summed E-state index contributed by atoms with van der Waals surface area (Å²) in [7, 11) is 1.27. The maximum atomic E-state index is 11.4. The molecule has 0 atom stereocenters. The molecule has 0 saturated carbocycles. The van der Waals surface area contributed by atoms with Gasteiger partial charge in [0, 0.05) is 6.20 Å². The van der Waals surface area contributed by atoms with E-state index in [9.17, 15) is 9.59 Å². The maximum absolute atomic E-state index is 11.4. The number of esters is 1. The van der Waals surface area contributed by atoms with Crippen LogP contribution >= 0.6 is 0 Å². The quantitative estimate of drug-likeness (QED) is 0.582. The Bertz CT molecular complexity index is 432. The molecular weight excluding hydrogens is 208 g/mol. The van der Waals surface area contributed by atoms with Gasteiger partial charge in [-0.25, -0.2) is 4.79 Å². The van der Waals surface area contributed by atoms with Gasteiger partial charge in [-0.2, -0.15) is 0 Å². The summed E-state index contributed by atoms with van der Waals surface area (Å²) in [5.41, 5.74) is 0.485. The van der Waals surface area contributed by atoms with Gasteiger partial charge >= 0.3 is 5.97 Å². The van der Waals surface area contributed by atoms with Crippen molar-refractivity contribution in [2.24, 2.45) is 0 Å². The number of nitrogens with one attached hydrogen (secondary N) is 1. The first-order valence-corrected chi connectivity index (χ1v) is 4.45. The first kappa shape index (κ1) is 11.7. The van der Waals surface area contributed by atoms with Gasteiger partial charge in [-0.15, -0.1) is 6.42 Å². The number of terminal acetylenes is 1. The van der Waals surface area contributed by atoms with Crippen molar-refractivity contribution in [3.05, 3.63) is 29.6 Å². The number of amides is 1. The van der Waals surface area contributed by atoms with Crippen molar-refractivity contribution >= 4 is 11.9 Å². The van der Waals surface area contributed by atoms with Gasteiger partial charge in [0.15, 0.2) is 0 Å². The fraction of sp³-hybridized carbons (Fsp3) is 0.182. The standard InChI is InChI=1S/C11H10N2O3/c1-3-6-12-10(14)9-5-4-8(7-13-9)11(15)16-2/h1,4-5,7H,6H2,2H3,(H,12,14). The lowest BCUT2D eigenvalue weighted by Crippen LogP contribution is -2.24. The number of carbonyl (C=O) groups is 2. The zero-order chi connectivity index (χ0) is 12.0. The summed E-state index contributed by atoms with van der Waals surface area (Å²) < 4.78 is 4.50. The normalized spacial score (nSPS) is 9.00. The number of methoxy groups -OCH3 is 1. The van der Waals surface area contributed by atoms with Crippen LogP contribution in [-0.2, 0) is 4.74 Å². The number of hydrogen-bond donors (Lipinski definition) is 1. The molecule has 0 radical (unpaired) electrons. The van der Waals surface area contributed by atoms with Crippen LogP contribution in [0.4, 0.5) is 0 Å². The van der Waals surface area contributed by atoms with Gasteiger partial charge in [-0.1, -0.05) is 5.92 Å². The molecule has 0 saturated heterocycles. The molecule has 82 valence electrons. The van der Waals surface area contributed by atoms with E-state index >= 15 is 0 Å². The van der Waals surface area contributed by atoms with E-state index in [1.807, 2.05) is 0 Å². The van der Waals surface area contributed by atoms with Crippen molar-refractivity contribution in [2.45, 2.75) is 0 Å². The third-order valence-corrected chi connectivity index (χ3v) is 1.77. The van der Waals surface area contributed by atoms with Gasteiger partial charge in [-0.05, 0) is 12.1 Å². The van der Waals surface area contributed by atoms with E-state index in [2.05, 4.69) is 21.0 Å². The summed E-state index contributed by atoms with van der Waals surface area (Å²) >= 11 is 0. The van der Waals surface area contributed by atoms with Crippen LogP contribution in [0.15, 0.2) is 18.3 Å². The lowest BCUT2D eigenvalue weighted by Gasteiger charge is -2.01. The van der Waals surface area contributed by atoms with Crippen LogP contribution in [0.3, 0.4) is 0 Å². The Balaban J connectivity index is 2.75. The molecule has 5 heteroatoms. The lowest BCUT2D eigenvalue weighted by atomic mass is 10.2. The van der Waals surface area contributed by atoms with E-state index in [-0.39, 0.29) is 23.7 Å². The Hall–Kier alpha value is -2.35. The highest BCUT2D eigenvalue weighted by Gasteiger charge is 2.09. The van der Waals surface area contributed by atoms with Crippen LogP contribution in [0.1, 0.15) is 20.8 Å². The topological polar surface area (TPSA) is 68.3 Å². The molecule has 0 aliphatic heterocycles. The Labute approximate surface area is 92.8 Å². The smallest absolute Gasteiger partial charge is 0.339 e. The van der Waals surface area contributed by atoms with Crippen LogP contribution < -0.4 is 5.32 Å². The first-order chi connectivity index (χ1) is 7.69. The lowest BCUT2D eigenvalue weighted by molar-refractivity contribution is 0.0599. The number of ether oxygens (including phenoxy) is 1. The van der Waals surface area contributed by atoms with Crippen LogP contribution in [-0.4, -0.2) is 30.5 Å². The van der Waals surface area contributed by atoms with Crippen LogP contribution in [0, 0.1) is 12.3 Å². The molecule has 1 aromatic rings. The van der Waals surface area contributed by atoms with Crippen molar-refractivity contribution in [3.8, 4) is 12.3 Å². The number of nitrogens with zero attached hydrogens (tertiary/aromatic N) is 1. The minimum absolute atomic E-state index is 0.138. The molecule has 0 fully saturated rings. The molecule has 0 bridgehead atoms. The second kappa shape index (κ2) is 5.51. The molecule has 0 aliphatic carbocycles. The highest BCUT2D eigenvalue weighted by atomic mass is 16.5. The molecule has 1 amide bonds. The van der Waals surface area contributed by atoms with Crippen LogP contribution in [0.25, 0.3) is 0 Å². The summed E-state index contributed by atoms with van der Waals surface area (Å²) in [5.74, 6) is 1.40. The van der Waals surface area contributed by atoms with E-state index in [4.69, 9.17) is 6.42 Å². The molecule has 0 aromatic carbocycles. The van der Waals surface area contributed by atoms with Crippen molar-refractivity contribution in [1.29, 1.82) is 0 Å². The predicted molar refractivity (Wildman–Crippen MR) is 56.7 cm³/mol. The van der Waals surface area contributed by atoms with Gasteiger partial charge in [0.05, 0.1) is 19.2 Å². The Kier molecular flexibility index (Phi) is 4.04. The number of carbonyl (C=O) groups excluding carboxylic acids is 2. The van der Waals surface area contributed by atoms with Gasteiger partial charge in [0.1, 0.15) is 5.69 Å². The Morgan fingerprint density at radius 2 is 2.31 bits per heavy atom. The molecule has 0 spiro atoms. The summed E-state index contributed by atoms with van der Waals surface area (Å²) in [6.45, 7) is 0.138. The molecule has 0 unspecified atom stereocenters. The fourth-order valence-corrected chi connectivity index (χ4v) is 0.989. The zero-order valence-corrected chi connectivity index (χ0v) is 8.69. The van der Waals surface area contributed by atoms with Crippen LogP contribution in [0.2, 0.25) is 0 Å². The molecule has 0 aliphatic rings. The van der Waals surface area contributed by atoms with Crippen molar-refractivity contribution in [3.63, 3.8) is 0 Å². The first-order valence-electron chi connectivity index (χ1n) is 4.45. The largest absolute Gasteiger partial charge is 0.465 e. The molecule has 1 N–H and O–H groups in total. The maximum Gasteiger partial charge on any atom is 0.339 e. The molecule has 5 nitrogen and oxygen atoms in total. The Morgan fingerprint density at radius 1 is 1.56 bits per heavy atom. The number of rotatable bonds is 3. The highest BCUT2D eigenvalue weighted by Crippen LogP contribution is 2.01. The average molecular weight is 218 g/mol. The molecule has 1 heterocycles. The molecular formula is C11H10N2O3. The van der Waals surface area contributed by atoms with E-state index in [0.29, 0.717) is 0 Å². The third-order valence-electron chi connectivity index (χ3n) is 1.77. The van der Waals surface area contributed by atoms with E-state index in [1.165, 1.54) is 25.4 Å². The van der Waals surface area contributed by atoms with Gasteiger partial charge < -0.3 is 10.1 Å². The monoisotopic (exact) mass is 218 g/mol. The highest BCUT2D eigenvalue weighted by molar-refractivity contribution is 5.94. The van der Waals surface area contributed by atoms with Gasteiger partial charge in [0.25, 0.3) is 5.91 Å². The van der Waals surface area contributed by atoms with E-state index in [1.54, 1.807) is 0 Å². The number of pyridine rings is 1. The minimum Gasteiger partial charge on any atom is -0.465 e. The average Bonchev–Trinajstić information content (AvgIpc) is 2.35. The summed E-state index contributed by atoms with van der Waals surface area (Å²) in [4.78, 5) is 26.3. The number of aromatic nitrogens is 1. The predicted octanol–water partition coefficient (Wildman–Crippen LogP) is 0.231. The van der Waals surface area contributed by atoms with Crippen LogP contribution in [0.5, 0.6) is 0 Å². The van der Waals surface area contributed by atoms with Gasteiger partial charge in [0.2, 0.25) is 0 Å². The molecule has 1 aromatic heterocycles. The van der Waals surface area contributed by atoms with Crippen molar-refractivity contribution < 1.29 is 14.3 Å². The van der Waals surface area contributed by atoms with E-state index in [0.717, 1.165) is 0 Å². The second-order valence-electron chi connectivity index (χ2n) is 2.81. The summed E-state index contributed by atoms with van der Waals surface area (Å²) in [6, 6.07) is 2.89. The fourth-order valence-electron chi connectivity index (χ4n) is 0.989. The third kappa shape index (κ3) is 2.82. The molecule has 1 rings (SSSR count). The van der Waals surface area contributed by atoms with Crippen molar-refractivity contribution in [1.82, 2.24) is 10.3 Å². The molecule has 16 heavy (non-hydrogen) atoms. The van der Waals surface area contributed by atoms with Crippen molar-refractivity contribution in [2.75, 3.05) is 13.7 Å². The zero-order valence-electron chi connectivity index (χ0n) is 8.69. The summed E-state index contributed by atoms with van der Waals surface area (Å²) in [5, 5.41) is 2.46. The minimum atomic E-state index is -0.497. The second-order valence-corrected chi connectivity index (χ2v) is 2.81. The van der Waals surface area contributed by atoms with E-state index < -0.39 is 5.97 Å². The number of hydrogen-bond acceptors (Lipinski definition) is 4. The van der Waals surface area contributed by atoms with Gasteiger partial charge in [-0.3, -0.25) is 9.78 Å².